The van der Waals surface area contributed by atoms with E-state index in [9.17, 15) is 0 Å². The molecule has 0 bridgehead atoms. The maximum Gasteiger partial charge on any atom is 0.0443 e. The van der Waals surface area contributed by atoms with E-state index in [1.807, 2.05) is 18.2 Å². The number of rotatable bonds is 16. The molecule has 218 valence electrons. The van der Waals surface area contributed by atoms with Gasteiger partial charge in [0.25, 0.3) is 0 Å². The first-order valence-electron chi connectivity index (χ1n) is 16.1. The summed E-state index contributed by atoms with van der Waals surface area (Å²) in [6.07, 6.45) is 14.1. The van der Waals surface area contributed by atoms with E-state index in [0.717, 1.165) is 24.3 Å². The van der Waals surface area contributed by atoms with E-state index in [0.29, 0.717) is 0 Å². The molecule has 0 atom stereocenters. The van der Waals surface area contributed by atoms with Gasteiger partial charge in [-0.3, -0.25) is 0 Å². The van der Waals surface area contributed by atoms with Crippen LogP contribution in [-0.2, 0) is 12.8 Å². The zero-order valence-corrected chi connectivity index (χ0v) is 25.8. The molecule has 0 aliphatic rings. The summed E-state index contributed by atoms with van der Waals surface area (Å²) in [5.74, 6) is 0. The van der Waals surface area contributed by atoms with E-state index in [1.165, 1.54) is 86.7 Å². The van der Waals surface area contributed by atoms with Gasteiger partial charge in [0.2, 0.25) is 0 Å². The van der Waals surface area contributed by atoms with Crippen LogP contribution in [0.4, 0.5) is 22.7 Å². The summed E-state index contributed by atoms with van der Waals surface area (Å²) in [7, 11) is 0. The number of hydrogen-bond donors (Lipinski definition) is 1. The molecular weight excluding hydrogens is 496 g/mol. The van der Waals surface area contributed by atoms with E-state index in [1.54, 1.807) is 0 Å². The Morgan fingerprint density at radius 1 is 0.512 bits per heavy atom. The molecule has 4 aromatic rings. The van der Waals surface area contributed by atoms with Crippen molar-refractivity contribution in [2.24, 2.45) is 0 Å². The molecule has 0 unspecified atom stereocenters. The Balaban J connectivity index is 0.000000248. The summed E-state index contributed by atoms with van der Waals surface area (Å²) in [4.78, 5) is 2.51. The van der Waals surface area contributed by atoms with Gasteiger partial charge in [-0.15, -0.1) is 0 Å². The van der Waals surface area contributed by atoms with Gasteiger partial charge in [-0.05, 0) is 79.3 Å². The van der Waals surface area contributed by atoms with Gasteiger partial charge in [0, 0.05) is 29.3 Å². The minimum atomic E-state index is 1.09. The van der Waals surface area contributed by atoms with Crippen LogP contribution in [0.1, 0.15) is 89.7 Å². The van der Waals surface area contributed by atoms with Crippen molar-refractivity contribution in [1.29, 1.82) is 0 Å². The highest BCUT2D eigenvalue weighted by molar-refractivity contribution is 5.66. The standard InChI is InChI=1S/C24H35N.C15H17N/c1-3-5-7-8-9-11-16-22-17-14-15-20-24(22)25(21-6-4-2)23-18-12-10-13-19-23;1-2-7-13-8-6-11-15(12-13)16-14-9-4-3-5-10-14/h10,12-15,17-20H,3-9,11,16,21H2,1-2H3;3-6,8-12,16H,2,7H2,1H3. The summed E-state index contributed by atoms with van der Waals surface area (Å²) < 4.78 is 0. The van der Waals surface area contributed by atoms with Crippen molar-refractivity contribution >= 4 is 22.7 Å². The van der Waals surface area contributed by atoms with Gasteiger partial charge in [0.15, 0.2) is 0 Å². The predicted molar refractivity (Wildman–Crippen MR) is 182 cm³/mol. The van der Waals surface area contributed by atoms with Crippen LogP contribution in [0, 0.1) is 0 Å². The van der Waals surface area contributed by atoms with Gasteiger partial charge in [-0.2, -0.15) is 0 Å². The molecule has 0 spiro atoms. The molecule has 0 aliphatic heterocycles. The van der Waals surface area contributed by atoms with Crippen molar-refractivity contribution in [3.63, 3.8) is 0 Å². The third-order valence-electron chi connectivity index (χ3n) is 7.41. The third kappa shape index (κ3) is 11.9. The fourth-order valence-corrected chi connectivity index (χ4v) is 5.18. The van der Waals surface area contributed by atoms with Gasteiger partial charge in [0.1, 0.15) is 0 Å². The molecule has 4 rings (SSSR count). The molecule has 0 aliphatic carbocycles. The number of aryl methyl sites for hydroxylation is 2. The molecule has 0 aromatic heterocycles. The average molecular weight is 549 g/mol. The second kappa shape index (κ2) is 19.5. The lowest BCUT2D eigenvalue weighted by Crippen LogP contribution is -2.19. The summed E-state index contributed by atoms with van der Waals surface area (Å²) in [6, 6.07) is 38.7. The van der Waals surface area contributed by atoms with Crippen LogP contribution in [-0.4, -0.2) is 6.54 Å². The molecule has 2 nitrogen and oxygen atoms in total. The van der Waals surface area contributed by atoms with Gasteiger partial charge in [0.05, 0.1) is 0 Å². The van der Waals surface area contributed by atoms with E-state index in [4.69, 9.17) is 0 Å². The molecule has 0 amide bonds. The van der Waals surface area contributed by atoms with E-state index >= 15 is 0 Å². The number of anilines is 4. The molecule has 0 radical (unpaired) electrons. The van der Waals surface area contributed by atoms with Gasteiger partial charge in [-0.25, -0.2) is 0 Å². The second-order valence-corrected chi connectivity index (χ2v) is 10.9. The summed E-state index contributed by atoms with van der Waals surface area (Å²) in [5.41, 5.74) is 7.90. The average Bonchev–Trinajstić information content (AvgIpc) is 3.01. The predicted octanol–water partition coefficient (Wildman–Crippen LogP) is 11.9. The fourth-order valence-electron chi connectivity index (χ4n) is 5.18. The first-order chi connectivity index (χ1) is 20.2. The van der Waals surface area contributed by atoms with Crippen molar-refractivity contribution in [1.82, 2.24) is 0 Å². The summed E-state index contributed by atoms with van der Waals surface area (Å²) in [5, 5.41) is 3.40. The Hall–Kier alpha value is -3.52. The van der Waals surface area contributed by atoms with Crippen molar-refractivity contribution in [2.75, 3.05) is 16.8 Å². The van der Waals surface area contributed by atoms with Gasteiger partial charge in [-0.1, -0.05) is 132 Å². The molecule has 4 aromatic carbocycles. The second-order valence-electron chi connectivity index (χ2n) is 10.9. The fraction of sp³-hybridized carbons (Fsp3) is 0.385. The van der Waals surface area contributed by atoms with Crippen LogP contribution in [0.15, 0.2) is 109 Å². The lowest BCUT2D eigenvalue weighted by atomic mass is 10.0. The first-order valence-corrected chi connectivity index (χ1v) is 16.1. The molecule has 2 heteroatoms. The summed E-state index contributed by atoms with van der Waals surface area (Å²) in [6.45, 7) is 7.85. The van der Waals surface area contributed by atoms with Crippen LogP contribution in [0.2, 0.25) is 0 Å². The quantitative estimate of drug-likeness (QED) is 0.140. The highest BCUT2D eigenvalue weighted by atomic mass is 15.1. The Kier molecular flexibility index (Phi) is 15.2. The molecule has 1 N–H and O–H groups in total. The number of unbranched alkanes of at least 4 members (excludes halogenated alkanes) is 6. The highest BCUT2D eigenvalue weighted by Gasteiger charge is 2.12. The van der Waals surface area contributed by atoms with Crippen LogP contribution in [0.5, 0.6) is 0 Å². The molecule has 0 saturated heterocycles. The smallest absolute Gasteiger partial charge is 0.0443 e. The largest absolute Gasteiger partial charge is 0.356 e. The van der Waals surface area contributed by atoms with Crippen LogP contribution in [0.3, 0.4) is 0 Å². The van der Waals surface area contributed by atoms with Crippen molar-refractivity contribution < 1.29 is 0 Å². The number of para-hydroxylation sites is 3. The van der Waals surface area contributed by atoms with Gasteiger partial charge < -0.3 is 10.2 Å². The first kappa shape index (κ1) is 32.0. The van der Waals surface area contributed by atoms with E-state index in [-0.39, 0.29) is 0 Å². The van der Waals surface area contributed by atoms with E-state index in [2.05, 4.69) is 122 Å². The monoisotopic (exact) mass is 548 g/mol. The van der Waals surface area contributed by atoms with Crippen molar-refractivity contribution in [3.05, 3.63) is 120 Å². The number of nitrogens with one attached hydrogen (secondary N) is 1. The Morgan fingerprint density at radius 3 is 1.88 bits per heavy atom. The van der Waals surface area contributed by atoms with Gasteiger partial charge >= 0.3 is 0 Å². The number of benzene rings is 4. The molecular formula is C39H52N2. The maximum atomic E-state index is 3.40. The molecule has 0 fully saturated rings. The lowest BCUT2D eigenvalue weighted by molar-refractivity contribution is 0.607. The Morgan fingerprint density at radius 2 is 1.15 bits per heavy atom. The SMILES string of the molecule is CCCCCCCCc1ccccc1N(CCCC)c1ccccc1.CCCc1cccc(Nc2ccccc2)c1. The zero-order chi connectivity index (χ0) is 29.0. The Labute approximate surface area is 250 Å². The topological polar surface area (TPSA) is 15.3 Å². The molecule has 41 heavy (non-hydrogen) atoms. The normalized spacial score (nSPS) is 10.5. The van der Waals surface area contributed by atoms with Crippen LogP contribution in [0.25, 0.3) is 0 Å². The lowest BCUT2D eigenvalue weighted by Gasteiger charge is -2.27. The maximum absolute atomic E-state index is 3.40. The number of hydrogen-bond acceptors (Lipinski definition) is 2. The summed E-state index contributed by atoms with van der Waals surface area (Å²) >= 11 is 0. The Bertz CT molecular complexity index is 1200. The molecule has 0 heterocycles. The van der Waals surface area contributed by atoms with Crippen LogP contribution >= 0.6 is 0 Å². The van der Waals surface area contributed by atoms with E-state index < -0.39 is 0 Å². The third-order valence-corrected chi connectivity index (χ3v) is 7.41. The minimum absolute atomic E-state index is 1.09. The highest BCUT2D eigenvalue weighted by Crippen LogP contribution is 2.30. The van der Waals surface area contributed by atoms with Crippen molar-refractivity contribution in [2.45, 2.75) is 91.4 Å². The zero-order valence-electron chi connectivity index (χ0n) is 25.8. The van der Waals surface area contributed by atoms with Crippen molar-refractivity contribution in [3.8, 4) is 0 Å². The minimum Gasteiger partial charge on any atom is -0.356 e. The van der Waals surface area contributed by atoms with Crippen LogP contribution < -0.4 is 10.2 Å². The molecule has 0 saturated carbocycles. The number of nitrogens with zero attached hydrogens (tertiary/aromatic N) is 1.